The van der Waals surface area contributed by atoms with Crippen LogP contribution in [0.2, 0.25) is 0 Å². The van der Waals surface area contributed by atoms with E-state index in [1.54, 1.807) is 48.5 Å². The number of sulfonamides is 1. The van der Waals surface area contributed by atoms with Gasteiger partial charge in [-0.25, -0.2) is 8.42 Å². The molecular formula is C22H19N3O4S. The third-order valence-corrected chi connectivity index (χ3v) is 5.51. The van der Waals surface area contributed by atoms with Crippen LogP contribution in [0.25, 0.3) is 0 Å². The van der Waals surface area contributed by atoms with Gasteiger partial charge in [0.1, 0.15) is 5.75 Å². The van der Waals surface area contributed by atoms with Crippen LogP contribution in [0.5, 0.6) is 5.75 Å². The Morgan fingerprint density at radius 2 is 1.53 bits per heavy atom. The molecule has 0 atom stereocenters. The van der Waals surface area contributed by atoms with E-state index < -0.39 is 10.0 Å². The van der Waals surface area contributed by atoms with E-state index in [9.17, 15) is 13.2 Å². The highest BCUT2D eigenvalue weighted by molar-refractivity contribution is 7.92. The van der Waals surface area contributed by atoms with Crippen molar-refractivity contribution >= 4 is 27.3 Å². The molecule has 3 rings (SSSR count). The quantitative estimate of drug-likeness (QED) is 0.599. The summed E-state index contributed by atoms with van der Waals surface area (Å²) in [5.74, 6) is 0.265. The number of rotatable bonds is 7. The van der Waals surface area contributed by atoms with Gasteiger partial charge in [0.05, 0.1) is 23.1 Å². The monoisotopic (exact) mass is 421 g/mol. The molecule has 0 aliphatic heterocycles. The first-order valence-corrected chi connectivity index (χ1v) is 10.6. The number of nitrogens with zero attached hydrogens (tertiary/aromatic N) is 1. The second-order valence-electron chi connectivity index (χ2n) is 6.23. The minimum absolute atomic E-state index is 0.0336. The number of nitrogens with one attached hydrogen (secondary N) is 2. The fourth-order valence-electron chi connectivity index (χ4n) is 2.62. The van der Waals surface area contributed by atoms with E-state index in [2.05, 4.69) is 10.0 Å². The minimum Gasteiger partial charge on any atom is -0.494 e. The summed E-state index contributed by atoms with van der Waals surface area (Å²) < 4.78 is 33.0. The average Bonchev–Trinajstić information content (AvgIpc) is 2.76. The van der Waals surface area contributed by atoms with E-state index in [0.717, 1.165) is 0 Å². The highest BCUT2D eigenvalue weighted by Gasteiger charge is 2.15. The van der Waals surface area contributed by atoms with E-state index in [1.165, 1.54) is 24.3 Å². The number of carbonyl (C=O) groups is 1. The highest BCUT2D eigenvalue weighted by Crippen LogP contribution is 2.20. The lowest BCUT2D eigenvalue weighted by Crippen LogP contribution is -2.14. The number of hydrogen-bond acceptors (Lipinski definition) is 5. The molecule has 0 radical (unpaired) electrons. The SMILES string of the molecule is CCOc1ccc(NS(=O)(=O)c2ccc(C(=O)Nc3ccc(C#N)cc3)cc2)cc1. The third kappa shape index (κ3) is 5.16. The second-order valence-corrected chi connectivity index (χ2v) is 7.91. The Labute approximate surface area is 175 Å². The van der Waals surface area contributed by atoms with Crippen LogP contribution in [-0.4, -0.2) is 20.9 Å². The summed E-state index contributed by atoms with van der Waals surface area (Å²) in [5.41, 5.74) is 1.73. The van der Waals surface area contributed by atoms with Gasteiger partial charge < -0.3 is 10.1 Å². The molecule has 30 heavy (non-hydrogen) atoms. The minimum atomic E-state index is -3.80. The van der Waals surface area contributed by atoms with Gasteiger partial charge in [-0.05, 0) is 79.7 Å². The zero-order valence-corrected chi connectivity index (χ0v) is 16.9. The molecule has 0 aromatic heterocycles. The number of anilines is 2. The van der Waals surface area contributed by atoms with Crippen LogP contribution in [0.3, 0.4) is 0 Å². The molecule has 8 heteroatoms. The summed E-state index contributed by atoms with van der Waals surface area (Å²) in [4.78, 5) is 12.4. The van der Waals surface area contributed by atoms with Crippen LogP contribution in [0, 0.1) is 11.3 Å². The van der Waals surface area contributed by atoms with Crippen molar-refractivity contribution in [2.24, 2.45) is 0 Å². The molecule has 0 aliphatic carbocycles. The van der Waals surface area contributed by atoms with Gasteiger partial charge in [0.15, 0.2) is 0 Å². The maximum Gasteiger partial charge on any atom is 0.261 e. The lowest BCUT2D eigenvalue weighted by Gasteiger charge is -2.10. The number of carbonyl (C=O) groups excluding carboxylic acids is 1. The molecular weight excluding hydrogens is 402 g/mol. The Bertz CT molecular complexity index is 1170. The van der Waals surface area contributed by atoms with Crippen LogP contribution in [0.1, 0.15) is 22.8 Å². The molecule has 3 aromatic carbocycles. The Hall–Kier alpha value is -3.83. The van der Waals surface area contributed by atoms with Crippen molar-refractivity contribution in [3.05, 3.63) is 83.9 Å². The zero-order chi connectivity index (χ0) is 21.6. The number of ether oxygens (including phenoxy) is 1. The van der Waals surface area contributed by atoms with Gasteiger partial charge in [0.25, 0.3) is 15.9 Å². The Morgan fingerprint density at radius 3 is 2.10 bits per heavy atom. The number of amides is 1. The summed E-state index contributed by atoms with van der Waals surface area (Å²) in [6.45, 7) is 2.39. The molecule has 0 aliphatic rings. The summed E-state index contributed by atoms with van der Waals surface area (Å²) in [7, 11) is -3.80. The topological polar surface area (TPSA) is 108 Å². The van der Waals surface area contributed by atoms with Crippen LogP contribution < -0.4 is 14.8 Å². The second kappa shape index (κ2) is 9.11. The summed E-state index contributed by atoms with van der Waals surface area (Å²) in [6.07, 6.45) is 0. The van der Waals surface area contributed by atoms with E-state index in [1.807, 2.05) is 13.0 Å². The standard InChI is InChI=1S/C22H19N3O4S/c1-2-29-20-11-9-19(10-12-20)25-30(27,28)21-13-5-17(6-14-21)22(26)24-18-7-3-16(15-23)4-8-18/h3-14,25H,2H2,1H3,(H,24,26). The van der Waals surface area contributed by atoms with E-state index >= 15 is 0 Å². The fourth-order valence-corrected chi connectivity index (χ4v) is 3.68. The van der Waals surface area contributed by atoms with Crippen molar-refractivity contribution in [2.75, 3.05) is 16.6 Å². The molecule has 1 amide bonds. The van der Waals surface area contributed by atoms with Gasteiger partial charge >= 0.3 is 0 Å². The van der Waals surface area contributed by atoms with Crippen molar-refractivity contribution in [1.29, 1.82) is 5.26 Å². The van der Waals surface area contributed by atoms with E-state index in [4.69, 9.17) is 10.00 Å². The molecule has 0 heterocycles. The third-order valence-electron chi connectivity index (χ3n) is 4.12. The summed E-state index contributed by atoms with van der Waals surface area (Å²) >= 11 is 0. The Morgan fingerprint density at radius 1 is 0.933 bits per heavy atom. The van der Waals surface area contributed by atoms with Gasteiger partial charge in [0.2, 0.25) is 0 Å². The number of hydrogen-bond donors (Lipinski definition) is 2. The van der Waals surface area contributed by atoms with Gasteiger partial charge in [0, 0.05) is 16.9 Å². The molecule has 0 saturated carbocycles. The van der Waals surface area contributed by atoms with Crippen molar-refractivity contribution < 1.29 is 17.9 Å². The molecule has 0 fully saturated rings. The first-order valence-electron chi connectivity index (χ1n) is 9.08. The van der Waals surface area contributed by atoms with E-state index in [-0.39, 0.29) is 10.8 Å². The van der Waals surface area contributed by atoms with Crippen LogP contribution in [0.15, 0.2) is 77.7 Å². The van der Waals surface area contributed by atoms with Crippen LogP contribution in [0.4, 0.5) is 11.4 Å². The Balaban J connectivity index is 1.68. The molecule has 0 unspecified atom stereocenters. The molecule has 152 valence electrons. The van der Waals surface area contributed by atoms with Crippen LogP contribution in [-0.2, 0) is 10.0 Å². The lowest BCUT2D eigenvalue weighted by molar-refractivity contribution is 0.102. The average molecular weight is 421 g/mol. The van der Waals surface area contributed by atoms with Crippen LogP contribution >= 0.6 is 0 Å². The number of nitriles is 1. The molecule has 0 bridgehead atoms. The van der Waals surface area contributed by atoms with Gasteiger partial charge in [-0.3, -0.25) is 9.52 Å². The normalized spacial score (nSPS) is 10.7. The predicted octanol–water partition coefficient (Wildman–Crippen LogP) is 4.01. The van der Waals surface area contributed by atoms with Gasteiger partial charge in [-0.15, -0.1) is 0 Å². The summed E-state index contributed by atoms with van der Waals surface area (Å²) in [5, 5.41) is 11.5. The molecule has 0 saturated heterocycles. The van der Waals surface area contributed by atoms with E-state index in [0.29, 0.717) is 34.9 Å². The molecule has 7 nitrogen and oxygen atoms in total. The highest BCUT2D eigenvalue weighted by atomic mass is 32.2. The van der Waals surface area contributed by atoms with Gasteiger partial charge in [-0.2, -0.15) is 5.26 Å². The maximum atomic E-state index is 12.6. The lowest BCUT2D eigenvalue weighted by atomic mass is 10.2. The first-order chi connectivity index (χ1) is 14.4. The van der Waals surface area contributed by atoms with Crippen molar-refractivity contribution in [3.8, 4) is 11.8 Å². The molecule has 2 N–H and O–H groups in total. The maximum absolute atomic E-state index is 12.6. The smallest absolute Gasteiger partial charge is 0.261 e. The van der Waals surface area contributed by atoms with Crippen molar-refractivity contribution in [1.82, 2.24) is 0 Å². The molecule has 3 aromatic rings. The Kier molecular flexibility index (Phi) is 6.35. The fraction of sp³-hybridized carbons (Fsp3) is 0.0909. The summed E-state index contributed by atoms with van der Waals surface area (Å²) in [6, 6.07) is 20.6. The first kappa shape index (κ1) is 20.9. The van der Waals surface area contributed by atoms with Gasteiger partial charge in [-0.1, -0.05) is 0 Å². The molecule has 0 spiro atoms. The number of benzene rings is 3. The largest absolute Gasteiger partial charge is 0.494 e. The van der Waals surface area contributed by atoms with Crippen molar-refractivity contribution in [2.45, 2.75) is 11.8 Å². The van der Waals surface area contributed by atoms with Crippen molar-refractivity contribution in [3.63, 3.8) is 0 Å². The predicted molar refractivity (Wildman–Crippen MR) is 114 cm³/mol. The zero-order valence-electron chi connectivity index (χ0n) is 16.1.